The summed E-state index contributed by atoms with van der Waals surface area (Å²) >= 11 is 13.0. The van der Waals surface area contributed by atoms with Crippen molar-refractivity contribution in [2.75, 3.05) is 5.32 Å². The van der Waals surface area contributed by atoms with Crippen LogP contribution in [-0.4, -0.2) is 11.0 Å². The predicted molar refractivity (Wildman–Crippen MR) is 103 cm³/mol. The first-order valence-electron chi connectivity index (χ1n) is 7.35. The first-order chi connectivity index (χ1) is 11.5. The number of amides is 1. The van der Waals surface area contributed by atoms with Gasteiger partial charge in [0.25, 0.3) is 5.91 Å². The van der Waals surface area contributed by atoms with Gasteiger partial charge in [-0.3, -0.25) is 4.79 Å². The van der Waals surface area contributed by atoms with E-state index < -0.39 is 0 Å². The molecule has 1 aliphatic rings. The molecule has 0 spiro atoms. The highest BCUT2D eigenvalue weighted by Crippen LogP contribution is 2.31. The Balaban J connectivity index is 1.91. The van der Waals surface area contributed by atoms with Crippen LogP contribution in [0.15, 0.2) is 47.0 Å². The fourth-order valence-corrected chi connectivity index (χ4v) is 3.77. The van der Waals surface area contributed by atoms with Crippen LogP contribution < -0.4 is 16.0 Å². The van der Waals surface area contributed by atoms with E-state index in [4.69, 9.17) is 23.8 Å². The normalized spacial score (nSPS) is 17.3. The molecule has 1 amide bonds. The van der Waals surface area contributed by atoms with Gasteiger partial charge in [-0.2, -0.15) is 0 Å². The van der Waals surface area contributed by atoms with Crippen molar-refractivity contribution in [2.24, 2.45) is 0 Å². The van der Waals surface area contributed by atoms with Gasteiger partial charge >= 0.3 is 0 Å². The lowest BCUT2D eigenvalue weighted by atomic mass is 10.0. The SMILES string of the molecule is CC1=C(C(=O)Nc2ccc(C)c(Cl)c2)[C@H](c2cccs2)NC(=S)N1. The molecular formula is C17H16ClN3OS2. The van der Waals surface area contributed by atoms with E-state index in [1.807, 2.05) is 43.5 Å². The molecule has 2 aromatic rings. The summed E-state index contributed by atoms with van der Waals surface area (Å²) in [6.07, 6.45) is 0. The van der Waals surface area contributed by atoms with E-state index in [1.54, 1.807) is 17.4 Å². The zero-order valence-electron chi connectivity index (χ0n) is 13.1. The van der Waals surface area contributed by atoms with Crippen LogP contribution in [0.2, 0.25) is 5.02 Å². The number of rotatable bonds is 3. The molecule has 24 heavy (non-hydrogen) atoms. The van der Waals surface area contributed by atoms with Crippen LogP contribution in [0.5, 0.6) is 0 Å². The molecule has 0 bridgehead atoms. The number of benzene rings is 1. The fourth-order valence-electron chi connectivity index (χ4n) is 2.53. The van der Waals surface area contributed by atoms with E-state index in [-0.39, 0.29) is 11.9 Å². The summed E-state index contributed by atoms with van der Waals surface area (Å²) in [5, 5.41) is 12.2. The summed E-state index contributed by atoms with van der Waals surface area (Å²) in [4.78, 5) is 13.9. The molecule has 1 atom stereocenters. The maximum atomic E-state index is 12.9. The molecule has 7 heteroatoms. The average molecular weight is 378 g/mol. The third-order valence-electron chi connectivity index (χ3n) is 3.77. The van der Waals surface area contributed by atoms with Crippen LogP contribution >= 0.6 is 35.2 Å². The summed E-state index contributed by atoms with van der Waals surface area (Å²) in [5.41, 5.74) is 2.98. The fraction of sp³-hybridized carbons (Fsp3) is 0.176. The van der Waals surface area contributed by atoms with E-state index >= 15 is 0 Å². The number of hydrogen-bond acceptors (Lipinski definition) is 3. The largest absolute Gasteiger partial charge is 0.350 e. The first-order valence-corrected chi connectivity index (χ1v) is 9.01. The van der Waals surface area contributed by atoms with Crippen molar-refractivity contribution in [1.82, 2.24) is 10.6 Å². The predicted octanol–water partition coefficient (Wildman–Crippen LogP) is 4.14. The molecule has 0 aliphatic carbocycles. The first kappa shape index (κ1) is 17.0. The molecule has 0 fully saturated rings. The number of aryl methyl sites for hydroxylation is 1. The van der Waals surface area contributed by atoms with E-state index in [2.05, 4.69) is 16.0 Å². The lowest BCUT2D eigenvalue weighted by Gasteiger charge is -2.29. The van der Waals surface area contributed by atoms with Crippen molar-refractivity contribution in [3.05, 3.63) is 62.4 Å². The molecule has 4 nitrogen and oxygen atoms in total. The highest BCUT2D eigenvalue weighted by Gasteiger charge is 2.30. The minimum atomic E-state index is -0.264. The number of thiophene rings is 1. The Morgan fingerprint density at radius 1 is 1.33 bits per heavy atom. The molecule has 3 rings (SSSR count). The lowest BCUT2D eigenvalue weighted by Crippen LogP contribution is -2.45. The van der Waals surface area contributed by atoms with E-state index in [1.165, 1.54) is 0 Å². The zero-order valence-corrected chi connectivity index (χ0v) is 15.5. The Kier molecular flexibility index (Phi) is 4.89. The average Bonchev–Trinajstić information content (AvgIpc) is 3.04. The van der Waals surface area contributed by atoms with Crippen molar-refractivity contribution >= 4 is 51.9 Å². The number of carbonyl (C=O) groups excluding carboxylic acids is 1. The molecule has 0 saturated carbocycles. The Bertz CT molecular complexity index is 830. The summed E-state index contributed by atoms with van der Waals surface area (Å²) in [6, 6.07) is 9.14. The number of nitrogens with one attached hydrogen (secondary N) is 3. The van der Waals surface area contributed by atoms with Crippen LogP contribution in [-0.2, 0) is 4.79 Å². The van der Waals surface area contributed by atoms with Gasteiger partial charge in [-0.25, -0.2) is 0 Å². The number of hydrogen-bond donors (Lipinski definition) is 3. The molecule has 2 heterocycles. The van der Waals surface area contributed by atoms with Gasteiger partial charge in [0, 0.05) is 21.3 Å². The van der Waals surface area contributed by atoms with Gasteiger partial charge in [0.15, 0.2) is 5.11 Å². The maximum absolute atomic E-state index is 12.9. The van der Waals surface area contributed by atoms with Gasteiger partial charge < -0.3 is 16.0 Å². The summed E-state index contributed by atoms with van der Waals surface area (Å²) < 4.78 is 0. The molecule has 124 valence electrons. The lowest BCUT2D eigenvalue weighted by molar-refractivity contribution is -0.113. The highest BCUT2D eigenvalue weighted by molar-refractivity contribution is 7.80. The molecule has 1 aromatic carbocycles. The Hall–Kier alpha value is -1.89. The summed E-state index contributed by atoms with van der Waals surface area (Å²) in [5.74, 6) is -0.187. The summed E-state index contributed by atoms with van der Waals surface area (Å²) in [7, 11) is 0. The van der Waals surface area contributed by atoms with E-state index in [9.17, 15) is 4.79 Å². The minimum absolute atomic E-state index is 0.187. The topological polar surface area (TPSA) is 53.2 Å². The molecule has 0 saturated heterocycles. The Labute approximate surface area is 154 Å². The molecule has 3 N–H and O–H groups in total. The minimum Gasteiger partial charge on any atom is -0.350 e. The standard InChI is InChI=1S/C17H16ClN3OS2/c1-9-5-6-11(8-12(9)18)20-16(22)14-10(2)19-17(23)21-15(14)13-4-3-7-24-13/h3-8,15H,1-2H3,(H,20,22)(H2,19,21,23)/t15-/m0/s1. The Morgan fingerprint density at radius 2 is 2.12 bits per heavy atom. The van der Waals surface area contributed by atoms with Crippen molar-refractivity contribution in [3.63, 3.8) is 0 Å². The molecule has 1 aliphatic heterocycles. The molecule has 1 aromatic heterocycles. The van der Waals surface area contributed by atoms with Crippen LogP contribution in [0.4, 0.5) is 5.69 Å². The summed E-state index contributed by atoms with van der Waals surface area (Å²) in [6.45, 7) is 3.77. The van der Waals surface area contributed by atoms with Crippen LogP contribution in [0.1, 0.15) is 23.4 Å². The number of allylic oxidation sites excluding steroid dienone is 1. The molecular weight excluding hydrogens is 362 g/mol. The number of thiocarbonyl (C=S) groups is 1. The zero-order chi connectivity index (χ0) is 17.3. The molecule has 0 radical (unpaired) electrons. The van der Waals surface area contributed by atoms with Crippen LogP contribution in [0.25, 0.3) is 0 Å². The van der Waals surface area contributed by atoms with Crippen molar-refractivity contribution < 1.29 is 4.79 Å². The number of carbonyl (C=O) groups is 1. The molecule has 0 unspecified atom stereocenters. The van der Waals surface area contributed by atoms with Crippen molar-refractivity contribution in [1.29, 1.82) is 0 Å². The van der Waals surface area contributed by atoms with Gasteiger partial charge in [0.2, 0.25) is 0 Å². The second-order valence-electron chi connectivity index (χ2n) is 5.50. The number of halogens is 1. The van der Waals surface area contributed by atoms with Crippen LogP contribution in [0.3, 0.4) is 0 Å². The maximum Gasteiger partial charge on any atom is 0.255 e. The number of anilines is 1. The Morgan fingerprint density at radius 3 is 2.79 bits per heavy atom. The second kappa shape index (κ2) is 6.93. The van der Waals surface area contributed by atoms with E-state index in [0.717, 1.165) is 16.1 Å². The van der Waals surface area contributed by atoms with Gasteiger partial charge in [-0.05, 0) is 55.2 Å². The monoisotopic (exact) mass is 377 g/mol. The third-order valence-corrected chi connectivity index (χ3v) is 5.34. The second-order valence-corrected chi connectivity index (χ2v) is 7.30. The van der Waals surface area contributed by atoms with Crippen LogP contribution in [0, 0.1) is 6.92 Å². The van der Waals surface area contributed by atoms with Gasteiger partial charge in [-0.1, -0.05) is 23.7 Å². The van der Waals surface area contributed by atoms with Crippen molar-refractivity contribution in [2.45, 2.75) is 19.9 Å². The van der Waals surface area contributed by atoms with Gasteiger partial charge in [0.1, 0.15) is 0 Å². The third kappa shape index (κ3) is 3.45. The van der Waals surface area contributed by atoms with Crippen molar-refractivity contribution in [3.8, 4) is 0 Å². The van der Waals surface area contributed by atoms with Gasteiger partial charge in [-0.15, -0.1) is 11.3 Å². The highest BCUT2D eigenvalue weighted by atomic mass is 35.5. The van der Waals surface area contributed by atoms with E-state index in [0.29, 0.717) is 21.4 Å². The quantitative estimate of drug-likeness (QED) is 0.703. The van der Waals surface area contributed by atoms with Gasteiger partial charge in [0.05, 0.1) is 11.6 Å². The smallest absolute Gasteiger partial charge is 0.255 e.